The molecule has 0 unspecified atom stereocenters. The standard InChI is InChI=1S/C12H7F5N2O/c1-20-7-4-18-11(19-5-7)6-2-8(13)10(9(14)3-6)12(15,16)17/h2-5H,1H3. The quantitative estimate of drug-likeness (QED) is 0.795. The largest absolute Gasteiger partial charge is 0.494 e. The van der Waals surface area contributed by atoms with Gasteiger partial charge in [-0.2, -0.15) is 13.2 Å². The third kappa shape index (κ3) is 2.68. The second kappa shape index (κ2) is 5.03. The molecule has 2 aromatic rings. The van der Waals surface area contributed by atoms with E-state index >= 15 is 0 Å². The summed E-state index contributed by atoms with van der Waals surface area (Å²) in [5.41, 5.74) is -2.13. The molecule has 0 amide bonds. The number of aromatic nitrogens is 2. The van der Waals surface area contributed by atoms with Gasteiger partial charge in [0.05, 0.1) is 19.5 Å². The Morgan fingerprint density at radius 1 is 1.00 bits per heavy atom. The summed E-state index contributed by atoms with van der Waals surface area (Å²) in [6, 6.07) is 1.07. The maximum atomic E-state index is 13.4. The van der Waals surface area contributed by atoms with Gasteiger partial charge >= 0.3 is 6.18 Å². The molecule has 8 heteroatoms. The maximum Gasteiger partial charge on any atom is 0.422 e. The molecule has 3 nitrogen and oxygen atoms in total. The topological polar surface area (TPSA) is 35.0 Å². The van der Waals surface area contributed by atoms with Gasteiger partial charge in [-0.1, -0.05) is 0 Å². The molecule has 0 aliphatic carbocycles. The molecular formula is C12H7F5N2O. The molecule has 0 fully saturated rings. The molecule has 0 aliphatic rings. The summed E-state index contributed by atoms with van der Waals surface area (Å²) in [7, 11) is 1.37. The van der Waals surface area contributed by atoms with Gasteiger partial charge in [-0.15, -0.1) is 0 Å². The monoisotopic (exact) mass is 290 g/mol. The van der Waals surface area contributed by atoms with Crippen molar-refractivity contribution in [1.82, 2.24) is 9.97 Å². The Morgan fingerprint density at radius 3 is 1.90 bits per heavy atom. The second-order valence-corrected chi connectivity index (χ2v) is 3.76. The van der Waals surface area contributed by atoms with Crippen LogP contribution in [0.1, 0.15) is 5.56 Å². The first-order valence-corrected chi connectivity index (χ1v) is 5.25. The molecule has 0 radical (unpaired) electrons. The van der Waals surface area contributed by atoms with E-state index in [1.54, 1.807) is 0 Å². The minimum Gasteiger partial charge on any atom is -0.494 e. The third-order valence-corrected chi connectivity index (χ3v) is 2.45. The lowest BCUT2D eigenvalue weighted by Crippen LogP contribution is -2.11. The van der Waals surface area contributed by atoms with Gasteiger partial charge in [0.15, 0.2) is 11.6 Å². The van der Waals surface area contributed by atoms with Crippen LogP contribution in [-0.2, 0) is 6.18 Å². The van der Waals surface area contributed by atoms with E-state index in [1.165, 1.54) is 19.5 Å². The zero-order chi connectivity index (χ0) is 14.9. The smallest absolute Gasteiger partial charge is 0.422 e. The normalized spacial score (nSPS) is 11.5. The van der Waals surface area contributed by atoms with Crippen LogP contribution >= 0.6 is 0 Å². The summed E-state index contributed by atoms with van der Waals surface area (Å²) in [5.74, 6) is -3.24. The molecule has 0 spiro atoms. The molecule has 2 rings (SSSR count). The van der Waals surface area contributed by atoms with Crippen LogP contribution in [-0.4, -0.2) is 17.1 Å². The lowest BCUT2D eigenvalue weighted by molar-refractivity contribution is -0.142. The number of rotatable bonds is 2. The number of methoxy groups -OCH3 is 1. The highest BCUT2D eigenvalue weighted by molar-refractivity contribution is 5.56. The first kappa shape index (κ1) is 14.2. The van der Waals surface area contributed by atoms with E-state index in [-0.39, 0.29) is 11.4 Å². The van der Waals surface area contributed by atoms with Crippen LogP contribution in [0.3, 0.4) is 0 Å². The van der Waals surface area contributed by atoms with Gasteiger partial charge in [-0.05, 0) is 12.1 Å². The van der Waals surface area contributed by atoms with E-state index in [1.807, 2.05) is 0 Å². The molecule has 20 heavy (non-hydrogen) atoms. The average molecular weight is 290 g/mol. The lowest BCUT2D eigenvalue weighted by atomic mass is 10.1. The highest BCUT2D eigenvalue weighted by atomic mass is 19.4. The van der Waals surface area contributed by atoms with Crippen molar-refractivity contribution in [2.75, 3.05) is 7.11 Å². The Bertz CT molecular complexity index is 602. The first-order chi connectivity index (χ1) is 9.32. The minimum absolute atomic E-state index is 0.114. The van der Waals surface area contributed by atoms with Crippen molar-refractivity contribution in [3.63, 3.8) is 0 Å². The van der Waals surface area contributed by atoms with Crippen LogP contribution in [0, 0.1) is 11.6 Å². The molecule has 0 N–H and O–H groups in total. The van der Waals surface area contributed by atoms with Crippen LogP contribution in [0.4, 0.5) is 22.0 Å². The number of hydrogen-bond acceptors (Lipinski definition) is 3. The van der Waals surface area contributed by atoms with Crippen LogP contribution < -0.4 is 4.74 Å². The molecule has 1 aromatic carbocycles. The van der Waals surface area contributed by atoms with Gasteiger partial charge in [0.2, 0.25) is 0 Å². The van der Waals surface area contributed by atoms with E-state index < -0.39 is 23.4 Å². The Balaban J connectivity index is 2.49. The summed E-state index contributed by atoms with van der Waals surface area (Å²) < 4.78 is 68.8. The fourth-order valence-corrected chi connectivity index (χ4v) is 1.54. The van der Waals surface area contributed by atoms with Gasteiger partial charge in [0.1, 0.15) is 17.2 Å². The van der Waals surface area contributed by atoms with Crippen LogP contribution in [0.15, 0.2) is 24.5 Å². The SMILES string of the molecule is COc1cnc(-c2cc(F)c(C(F)(F)F)c(F)c2)nc1. The van der Waals surface area contributed by atoms with E-state index in [2.05, 4.69) is 9.97 Å². The summed E-state index contributed by atoms with van der Waals surface area (Å²) in [6.07, 6.45) is -2.64. The first-order valence-electron chi connectivity index (χ1n) is 5.25. The summed E-state index contributed by atoms with van der Waals surface area (Å²) in [6.45, 7) is 0. The van der Waals surface area contributed by atoms with Crippen molar-refractivity contribution < 1.29 is 26.7 Å². The van der Waals surface area contributed by atoms with Crippen molar-refractivity contribution in [3.8, 4) is 17.1 Å². The highest BCUT2D eigenvalue weighted by Crippen LogP contribution is 2.35. The second-order valence-electron chi connectivity index (χ2n) is 3.76. The van der Waals surface area contributed by atoms with Crippen LogP contribution in [0.5, 0.6) is 5.75 Å². The third-order valence-electron chi connectivity index (χ3n) is 2.45. The van der Waals surface area contributed by atoms with Crippen molar-refractivity contribution in [1.29, 1.82) is 0 Å². The molecule has 0 atom stereocenters. The number of alkyl halides is 3. The molecule has 0 aliphatic heterocycles. The van der Waals surface area contributed by atoms with E-state index in [4.69, 9.17) is 4.74 Å². The highest BCUT2D eigenvalue weighted by Gasteiger charge is 2.38. The van der Waals surface area contributed by atoms with Crippen molar-refractivity contribution >= 4 is 0 Å². The van der Waals surface area contributed by atoms with Crippen molar-refractivity contribution in [2.45, 2.75) is 6.18 Å². The molecule has 0 saturated heterocycles. The summed E-state index contributed by atoms with van der Waals surface area (Å²) in [5, 5.41) is 0. The molecule has 106 valence electrons. The maximum absolute atomic E-state index is 13.4. The van der Waals surface area contributed by atoms with Gasteiger partial charge in [0.25, 0.3) is 0 Å². The zero-order valence-corrected chi connectivity index (χ0v) is 10.0. The fourth-order valence-electron chi connectivity index (χ4n) is 1.54. The number of benzene rings is 1. The average Bonchev–Trinajstić information content (AvgIpc) is 2.36. The zero-order valence-electron chi connectivity index (χ0n) is 10.0. The molecule has 0 bridgehead atoms. The van der Waals surface area contributed by atoms with Gasteiger partial charge in [-0.25, -0.2) is 18.7 Å². The predicted octanol–water partition coefficient (Wildman–Crippen LogP) is 3.45. The molecule has 0 saturated carbocycles. The number of ether oxygens (including phenoxy) is 1. The van der Waals surface area contributed by atoms with E-state index in [9.17, 15) is 22.0 Å². The van der Waals surface area contributed by atoms with Crippen LogP contribution in [0.2, 0.25) is 0 Å². The molecular weight excluding hydrogens is 283 g/mol. The Morgan fingerprint density at radius 2 is 1.50 bits per heavy atom. The van der Waals surface area contributed by atoms with Crippen molar-refractivity contribution in [2.24, 2.45) is 0 Å². The molecule has 1 aromatic heterocycles. The number of hydrogen-bond donors (Lipinski definition) is 0. The van der Waals surface area contributed by atoms with Crippen LogP contribution in [0.25, 0.3) is 11.4 Å². The van der Waals surface area contributed by atoms with E-state index in [0.717, 1.165) is 0 Å². The summed E-state index contributed by atoms with van der Waals surface area (Å²) in [4.78, 5) is 7.49. The Hall–Kier alpha value is -2.25. The molecule has 1 heterocycles. The van der Waals surface area contributed by atoms with Crippen molar-refractivity contribution in [3.05, 3.63) is 41.7 Å². The minimum atomic E-state index is -5.10. The number of halogens is 5. The Kier molecular flexibility index (Phi) is 3.56. The predicted molar refractivity (Wildman–Crippen MR) is 58.9 cm³/mol. The number of nitrogens with zero attached hydrogens (tertiary/aromatic N) is 2. The van der Waals surface area contributed by atoms with E-state index in [0.29, 0.717) is 17.9 Å². The lowest BCUT2D eigenvalue weighted by Gasteiger charge is -2.10. The fraction of sp³-hybridized carbons (Fsp3) is 0.167. The van der Waals surface area contributed by atoms with Gasteiger partial charge in [-0.3, -0.25) is 0 Å². The van der Waals surface area contributed by atoms with Gasteiger partial charge < -0.3 is 4.74 Å². The Labute approximate surface area is 110 Å². The summed E-state index contributed by atoms with van der Waals surface area (Å²) >= 11 is 0. The van der Waals surface area contributed by atoms with Gasteiger partial charge in [0, 0.05) is 5.56 Å².